The van der Waals surface area contributed by atoms with Crippen LogP contribution in [0.25, 0.3) is 0 Å². The highest BCUT2D eigenvalue weighted by Gasteiger charge is 2.26. The number of carbonyl (C=O) groups is 1. The number of carbonyl (C=O) groups excluding carboxylic acids is 1. The SMILES string of the molecule is CC[C@H](C)c1nc(C)c(Cc2ccccc2F)c(N2CCN(C(=O)NC(C)C)CC2)n1. The number of aromatic nitrogens is 2. The number of anilines is 1. The molecule has 0 aliphatic carbocycles. The summed E-state index contributed by atoms with van der Waals surface area (Å²) in [5.41, 5.74) is 2.49. The van der Waals surface area contributed by atoms with Crippen molar-refractivity contribution in [3.8, 4) is 0 Å². The van der Waals surface area contributed by atoms with Crippen LogP contribution in [0.15, 0.2) is 24.3 Å². The number of piperazine rings is 1. The number of rotatable bonds is 6. The minimum absolute atomic E-state index is 0.0274. The Morgan fingerprint density at radius 3 is 2.42 bits per heavy atom. The monoisotopic (exact) mass is 427 g/mol. The Balaban J connectivity index is 1.89. The maximum Gasteiger partial charge on any atom is 0.317 e. The summed E-state index contributed by atoms with van der Waals surface area (Å²) in [6.45, 7) is 12.8. The Morgan fingerprint density at radius 2 is 1.81 bits per heavy atom. The van der Waals surface area contributed by atoms with Crippen molar-refractivity contribution in [1.29, 1.82) is 0 Å². The molecule has 3 rings (SSSR count). The molecule has 6 nitrogen and oxygen atoms in total. The summed E-state index contributed by atoms with van der Waals surface area (Å²) < 4.78 is 14.4. The third-order valence-electron chi connectivity index (χ3n) is 5.87. The average Bonchev–Trinajstić information content (AvgIpc) is 2.75. The first-order valence-electron chi connectivity index (χ1n) is 11.2. The molecule has 1 aromatic carbocycles. The van der Waals surface area contributed by atoms with Crippen LogP contribution < -0.4 is 10.2 Å². The van der Waals surface area contributed by atoms with Crippen LogP contribution in [0.4, 0.5) is 15.0 Å². The molecular weight excluding hydrogens is 393 g/mol. The number of hydrogen-bond donors (Lipinski definition) is 1. The molecule has 1 fully saturated rings. The summed E-state index contributed by atoms with van der Waals surface area (Å²) in [5, 5.41) is 2.96. The molecule has 1 N–H and O–H groups in total. The lowest BCUT2D eigenvalue weighted by atomic mass is 10.0. The summed E-state index contributed by atoms with van der Waals surface area (Å²) >= 11 is 0. The van der Waals surface area contributed by atoms with Gasteiger partial charge in [0.15, 0.2) is 0 Å². The fraction of sp³-hybridized carbons (Fsp3) is 0.542. The smallest absolute Gasteiger partial charge is 0.317 e. The largest absolute Gasteiger partial charge is 0.353 e. The van der Waals surface area contributed by atoms with Crippen molar-refractivity contribution < 1.29 is 9.18 Å². The van der Waals surface area contributed by atoms with Crippen molar-refractivity contribution in [3.05, 3.63) is 52.7 Å². The molecule has 0 saturated carbocycles. The zero-order chi connectivity index (χ0) is 22.5. The van der Waals surface area contributed by atoms with Crippen LogP contribution in [0.1, 0.15) is 62.7 Å². The van der Waals surface area contributed by atoms with Gasteiger partial charge in [-0.05, 0) is 38.8 Å². The lowest BCUT2D eigenvalue weighted by Crippen LogP contribution is -2.53. The van der Waals surface area contributed by atoms with Gasteiger partial charge in [0, 0.05) is 55.8 Å². The van der Waals surface area contributed by atoms with Crippen molar-refractivity contribution in [2.45, 2.75) is 59.4 Å². The maximum absolute atomic E-state index is 14.4. The summed E-state index contributed by atoms with van der Waals surface area (Å²) in [4.78, 5) is 26.1. The van der Waals surface area contributed by atoms with Crippen LogP contribution in [0.3, 0.4) is 0 Å². The number of urea groups is 1. The van der Waals surface area contributed by atoms with Crippen molar-refractivity contribution >= 4 is 11.8 Å². The third kappa shape index (κ3) is 5.51. The molecule has 0 bridgehead atoms. The van der Waals surface area contributed by atoms with E-state index in [-0.39, 0.29) is 23.8 Å². The first kappa shape index (κ1) is 23.0. The number of hydrogen-bond acceptors (Lipinski definition) is 4. The van der Waals surface area contributed by atoms with E-state index in [1.807, 2.05) is 37.8 Å². The number of nitrogens with zero attached hydrogens (tertiary/aromatic N) is 4. The molecule has 1 aromatic heterocycles. The van der Waals surface area contributed by atoms with Gasteiger partial charge < -0.3 is 15.1 Å². The van der Waals surface area contributed by atoms with E-state index in [0.717, 1.165) is 29.3 Å². The summed E-state index contributed by atoms with van der Waals surface area (Å²) in [6.07, 6.45) is 1.40. The van der Waals surface area contributed by atoms with Crippen molar-refractivity contribution in [3.63, 3.8) is 0 Å². The van der Waals surface area contributed by atoms with Gasteiger partial charge in [-0.1, -0.05) is 32.0 Å². The molecule has 1 atom stereocenters. The molecule has 1 saturated heterocycles. The summed E-state index contributed by atoms with van der Waals surface area (Å²) in [7, 11) is 0. The molecule has 2 heterocycles. The number of halogens is 1. The van der Waals surface area contributed by atoms with Crippen LogP contribution in [0.5, 0.6) is 0 Å². The first-order chi connectivity index (χ1) is 14.8. The lowest BCUT2D eigenvalue weighted by molar-refractivity contribution is 0.191. The second kappa shape index (κ2) is 10.1. The standard InChI is InChI=1S/C24H34FN5O/c1-6-17(4)22-27-18(5)20(15-19-9-7-8-10-21(19)25)23(28-22)29-11-13-30(14-12-29)24(31)26-16(2)3/h7-10,16-17H,6,11-15H2,1-5H3,(H,26,31)/t17-/m0/s1. The van der Waals surface area contributed by atoms with E-state index in [1.54, 1.807) is 6.07 Å². The van der Waals surface area contributed by atoms with E-state index in [1.165, 1.54) is 6.07 Å². The summed E-state index contributed by atoms with van der Waals surface area (Å²) in [6, 6.07) is 6.95. The van der Waals surface area contributed by atoms with Crippen LogP contribution >= 0.6 is 0 Å². The highest BCUT2D eigenvalue weighted by molar-refractivity contribution is 5.74. The molecule has 7 heteroatoms. The number of benzene rings is 1. The third-order valence-corrected chi connectivity index (χ3v) is 5.87. The minimum Gasteiger partial charge on any atom is -0.353 e. The van der Waals surface area contributed by atoms with Crippen LogP contribution in [0, 0.1) is 12.7 Å². The van der Waals surface area contributed by atoms with Gasteiger partial charge in [-0.2, -0.15) is 0 Å². The molecule has 1 aliphatic rings. The summed E-state index contributed by atoms with van der Waals surface area (Å²) in [5.74, 6) is 1.73. The number of aryl methyl sites for hydroxylation is 1. The van der Waals surface area contributed by atoms with Crippen LogP contribution in [-0.2, 0) is 6.42 Å². The Kier molecular flexibility index (Phi) is 7.46. The second-order valence-corrected chi connectivity index (χ2v) is 8.63. The number of amides is 2. The predicted molar refractivity (Wildman–Crippen MR) is 122 cm³/mol. The van der Waals surface area contributed by atoms with E-state index >= 15 is 0 Å². The fourth-order valence-electron chi connectivity index (χ4n) is 3.77. The molecule has 0 unspecified atom stereocenters. The van der Waals surface area contributed by atoms with E-state index in [4.69, 9.17) is 9.97 Å². The molecule has 0 radical (unpaired) electrons. The minimum atomic E-state index is -0.214. The zero-order valence-corrected chi connectivity index (χ0v) is 19.3. The normalized spacial score (nSPS) is 15.3. The molecule has 0 spiro atoms. The first-order valence-corrected chi connectivity index (χ1v) is 11.2. The van der Waals surface area contributed by atoms with Gasteiger partial charge in [0.05, 0.1) is 0 Å². The van der Waals surface area contributed by atoms with E-state index < -0.39 is 0 Å². The van der Waals surface area contributed by atoms with Gasteiger partial charge in [-0.3, -0.25) is 0 Å². The predicted octanol–water partition coefficient (Wildman–Crippen LogP) is 4.27. The van der Waals surface area contributed by atoms with E-state index in [9.17, 15) is 9.18 Å². The molecule has 2 aromatic rings. The fourth-order valence-corrected chi connectivity index (χ4v) is 3.77. The van der Waals surface area contributed by atoms with Gasteiger partial charge in [0.2, 0.25) is 0 Å². The molecular formula is C24H34FN5O. The quantitative estimate of drug-likeness (QED) is 0.748. The van der Waals surface area contributed by atoms with E-state index in [0.29, 0.717) is 38.2 Å². The Morgan fingerprint density at radius 1 is 1.13 bits per heavy atom. The topological polar surface area (TPSA) is 61.4 Å². The Hall–Kier alpha value is -2.70. The molecule has 2 amide bonds. The van der Waals surface area contributed by atoms with Crippen molar-refractivity contribution in [2.75, 3.05) is 31.1 Å². The van der Waals surface area contributed by atoms with Gasteiger partial charge in [0.1, 0.15) is 17.5 Å². The average molecular weight is 428 g/mol. The van der Waals surface area contributed by atoms with Gasteiger partial charge in [-0.25, -0.2) is 19.2 Å². The van der Waals surface area contributed by atoms with Crippen molar-refractivity contribution in [1.82, 2.24) is 20.2 Å². The van der Waals surface area contributed by atoms with Gasteiger partial charge in [-0.15, -0.1) is 0 Å². The van der Waals surface area contributed by atoms with Gasteiger partial charge >= 0.3 is 6.03 Å². The number of nitrogens with one attached hydrogen (secondary N) is 1. The highest BCUT2D eigenvalue weighted by Crippen LogP contribution is 2.28. The van der Waals surface area contributed by atoms with Crippen molar-refractivity contribution in [2.24, 2.45) is 0 Å². The lowest BCUT2D eigenvalue weighted by Gasteiger charge is -2.37. The Bertz CT molecular complexity index is 909. The molecule has 1 aliphatic heterocycles. The zero-order valence-electron chi connectivity index (χ0n) is 19.3. The second-order valence-electron chi connectivity index (χ2n) is 8.63. The van der Waals surface area contributed by atoms with Crippen LogP contribution in [0.2, 0.25) is 0 Å². The van der Waals surface area contributed by atoms with Crippen LogP contribution in [-0.4, -0.2) is 53.1 Å². The van der Waals surface area contributed by atoms with Gasteiger partial charge in [0.25, 0.3) is 0 Å². The highest BCUT2D eigenvalue weighted by atomic mass is 19.1. The van der Waals surface area contributed by atoms with E-state index in [2.05, 4.69) is 24.1 Å². The molecule has 168 valence electrons. The maximum atomic E-state index is 14.4. The Labute approximate surface area is 184 Å². The molecule has 31 heavy (non-hydrogen) atoms.